The van der Waals surface area contributed by atoms with Crippen LogP contribution < -0.4 is 5.32 Å². The Morgan fingerprint density at radius 3 is 1.84 bits per heavy atom. The van der Waals surface area contributed by atoms with Crippen molar-refractivity contribution in [3.63, 3.8) is 0 Å². The fraction of sp³-hybridized carbons (Fsp3) is 0.333. The summed E-state index contributed by atoms with van der Waals surface area (Å²) in [7, 11) is 0. The molecule has 2 aromatic rings. The molecule has 1 saturated heterocycles. The van der Waals surface area contributed by atoms with E-state index in [0.717, 1.165) is 6.54 Å². The van der Waals surface area contributed by atoms with Crippen LogP contribution in [0.2, 0.25) is 0 Å². The first kappa shape index (κ1) is 12.4. The number of benzene rings is 2. The number of nitrogens with one attached hydrogen (secondary N) is 1. The Balaban J connectivity index is 2.10. The Labute approximate surface area is 115 Å². The molecule has 1 unspecified atom stereocenters. The smallest absolute Gasteiger partial charge is 0.0327 e. The lowest BCUT2D eigenvalue weighted by Crippen LogP contribution is -2.43. The van der Waals surface area contributed by atoms with E-state index in [1.54, 1.807) is 0 Å². The summed E-state index contributed by atoms with van der Waals surface area (Å²) in [6.45, 7) is 3.51. The second kappa shape index (κ2) is 5.18. The number of rotatable bonds is 3. The van der Waals surface area contributed by atoms with Gasteiger partial charge in [-0.05, 0) is 37.4 Å². The summed E-state index contributed by atoms with van der Waals surface area (Å²) in [5.74, 6) is 0. The normalized spacial score (nSPS) is 19.5. The molecule has 0 aliphatic carbocycles. The highest BCUT2D eigenvalue weighted by Crippen LogP contribution is 2.38. The maximum absolute atomic E-state index is 3.69. The Morgan fingerprint density at radius 2 is 1.42 bits per heavy atom. The van der Waals surface area contributed by atoms with Crippen LogP contribution in [0.3, 0.4) is 0 Å². The van der Waals surface area contributed by atoms with Crippen molar-refractivity contribution in [1.82, 2.24) is 5.32 Å². The average Bonchev–Trinajstić information content (AvgIpc) is 3.03. The lowest BCUT2D eigenvalue weighted by molar-refractivity contribution is 0.407. The molecular formula is C18H21N. The largest absolute Gasteiger partial charge is 0.313 e. The van der Waals surface area contributed by atoms with Gasteiger partial charge in [-0.25, -0.2) is 0 Å². The second-order valence-corrected chi connectivity index (χ2v) is 5.58. The van der Waals surface area contributed by atoms with Crippen LogP contribution >= 0.6 is 0 Å². The first-order valence-electron chi connectivity index (χ1n) is 7.16. The van der Waals surface area contributed by atoms with Gasteiger partial charge in [0.15, 0.2) is 0 Å². The van der Waals surface area contributed by atoms with E-state index in [1.807, 2.05) is 0 Å². The van der Waals surface area contributed by atoms with E-state index in [1.165, 1.54) is 24.0 Å². The van der Waals surface area contributed by atoms with Crippen LogP contribution in [0.1, 0.15) is 30.9 Å². The predicted octanol–water partition coefficient (Wildman–Crippen LogP) is 3.74. The topological polar surface area (TPSA) is 12.0 Å². The molecule has 3 rings (SSSR count). The summed E-state index contributed by atoms with van der Waals surface area (Å²) in [4.78, 5) is 0. The van der Waals surface area contributed by atoms with E-state index < -0.39 is 0 Å². The fourth-order valence-corrected chi connectivity index (χ4v) is 3.32. The van der Waals surface area contributed by atoms with Crippen molar-refractivity contribution in [3.05, 3.63) is 71.8 Å². The van der Waals surface area contributed by atoms with E-state index in [4.69, 9.17) is 0 Å². The lowest BCUT2D eigenvalue weighted by atomic mass is 9.70. The molecule has 1 aliphatic rings. The molecule has 1 aliphatic heterocycles. The molecule has 0 saturated carbocycles. The summed E-state index contributed by atoms with van der Waals surface area (Å²) < 4.78 is 0. The van der Waals surface area contributed by atoms with Crippen LogP contribution in [0, 0.1) is 0 Å². The highest BCUT2D eigenvalue weighted by molar-refractivity contribution is 5.40. The Kier molecular flexibility index (Phi) is 3.39. The van der Waals surface area contributed by atoms with Gasteiger partial charge in [-0.2, -0.15) is 0 Å². The lowest BCUT2D eigenvalue weighted by Gasteiger charge is -2.37. The minimum Gasteiger partial charge on any atom is -0.313 e. The first-order valence-corrected chi connectivity index (χ1v) is 7.16. The molecule has 0 aromatic heterocycles. The predicted molar refractivity (Wildman–Crippen MR) is 80.4 cm³/mol. The van der Waals surface area contributed by atoms with Crippen LogP contribution in [-0.2, 0) is 5.41 Å². The third-order valence-corrected chi connectivity index (χ3v) is 4.50. The quantitative estimate of drug-likeness (QED) is 0.876. The zero-order valence-corrected chi connectivity index (χ0v) is 11.5. The summed E-state index contributed by atoms with van der Waals surface area (Å²) in [6, 6.07) is 22.3. The molecular weight excluding hydrogens is 230 g/mol. The van der Waals surface area contributed by atoms with Crippen molar-refractivity contribution in [2.24, 2.45) is 0 Å². The molecule has 0 spiro atoms. The van der Waals surface area contributed by atoms with Crippen LogP contribution in [0.25, 0.3) is 0 Å². The van der Waals surface area contributed by atoms with Crippen molar-refractivity contribution in [2.45, 2.75) is 31.2 Å². The van der Waals surface area contributed by atoms with E-state index in [9.17, 15) is 0 Å². The zero-order valence-electron chi connectivity index (χ0n) is 11.5. The van der Waals surface area contributed by atoms with Crippen LogP contribution in [-0.4, -0.2) is 12.6 Å². The minimum absolute atomic E-state index is 0.0546. The molecule has 1 atom stereocenters. The van der Waals surface area contributed by atoms with Crippen molar-refractivity contribution in [1.29, 1.82) is 0 Å². The third kappa shape index (κ3) is 2.19. The molecule has 98 valence electrons. The summed E-state index contributed by atoms with van der Waals surface area (Å²) in [6.07, 6.45) is 2.53. The number of hydrogen-bond donors (Lipinski definition) is 1. The minimum atomic E-state index is 0.0546. The van der Waals surface area contributed by atoms with Gasteiger partial charge in [-0.1, -0.05) is 60.7 Å². The second-order valence-electron chi connectivity index (χ2n) is 5.58. The molecule has 0 bridgehead atoms. The van der Waals surface area contributed by atoms with Crippen LogP contribution in [0.15, 0.2) is 60.7 Å². The Morgan fingerprint density at radius 1 is 0.895 bits per heavy atom. The average molecular weight is 251 g/mol. The first-order chi connectivity index (χ1) is 9.32. The molecule has 1 fully saturated rings. The maximum atomic E-state index is 3.69. The maximum Gasteiger partial charge on any atom is 0.0327 e. The van der Waals surface area contributed by atoms with E-state index >= 15 is 0 Å². The Hall–Kier alpha value is -1.60. The van der Waals surface area contributed by atoms with Crippen molar-refractivity contribution >= 4 is 0 Å². The molecule has 2 aromatic carbocycles. The van der Waals surface area contributed by atoms with Gasteiger partial charge in [0.05, 0.1) is 0 Å². The van der Waals surface area contributed by atoms with Gasteiger partial charge in [0, 0.05) is 11.5 Å². The van der Waals surface area contributed by atoms with Gasteiger partial charge in [-0.3, -0.25) is 0 Å². The molecule has 1 heteroatoms. The summed E-state index contributed by atoms with van der Waals surface area (Å²) in [5.41, 5.74) is 2.86. The summed E-state index contributed by atoms with van der Waals surface area (Å²) >= 11 is 0. The van der Waals surface area contributed by atoms with Gasteiger partial charge in [0.1, 0.15) is 0 Å². The Bertz CT molecular complexity index is 472. The van der Waals surface area contributed by atoms with E-state index in [0.29, 0.717) is 6.04 Å². The van der Waals surface area contributed by atoms with Gasteiger partial charge in [-0.15, -0.1) is 0 Å². The van der Waals surface area contributed by atoms with E-state index in [-0.39, 0.29) is 5.41 Å². The monoisotopic (exact) mass is 251 g/mol. The van der Waals surface area contributed by atoms with Gasteiger partial charge in [0.25, 0.3) is 0 Å². The molecule has 0 radical (unpaired) electrons. The summed E-state index contributed by atoms with van der Waals surface area (Å²) in [5, 5.41) is 3.69. The van der Waals surface area contributed by atoms with Gasteiger partial charge < -0.3 is 5.32 Å². The van der Waals surface area contributed by atoms with Crippen LogP contribution in [0.4, 0.5) is 0 Å². The third-order valence-electron chi connectivity index (χ3n) is 4.50. The standard InChI is InChI=1S/C18H21N/c1-18(17-13-8-14-19-17,15-9-4-2-5-10-15)16-11-6-3-7-12-16/h2-7,9-12,17,19H,8,13-14H2,1H3. The SMILES string of the molecule is CC(c1ccccc1)(c1ccccc1)C1CCCN1. The molecule has 0 amide bonds. The van der Waals surface area contributed by atoms with Crippen molar-refractivity contribution in [2.75, 3.05) is 6.54 Å². The highest BCUT2D eigenvalue weighted by atomic mass is 15.0. The van der Waals surface area contributed by atoms with Crippen molar-refractivity contribution in [3.8, 4) is 0 Å². The molecule has 1 heterocycles. The molecule has 19 heavy (non-hydrogen) atoms. The van der Waals surface area contributed by atoms with Crippen LogP contribution in [0.5, 0.6) is 0 Å². The zero-order chi connectivity index (χ0) is 13.1. The van der Waals surface area contributed by atoms with E-state index in [2.05, 4.69) is 72.9 Å². The molecule has 1 nitrogen and oxygen atoms in total. The number of hydrogen-bond acceptors (Lipinski definition) is 1. The van der Waals surface area contributed by atoms with Gasteiger partial charge >= 0.3 is 0 Å². The fourth-order valence-electron chi connectivity index (χ4n) is 3.32. The highest BCUT2D eigenvalue weighted by Gasteiger charge is 2.38. The molecule has 1 N–H and O–H groups in total. The van der Waals surface area contributed by atoms with Gasteiger partial charge in [0.2, 0.25) is 0 Å². The van der Waals surface area contributed by atoms with Crippen molar-refractivity contribution < 1.29 is 0 Å².